The monoisotopic (exact) mass is 1190 g/mol. The Morgan fingerprint density at radius 1 is 0.588 bits per heavy atom. The number of carboxylic acids is 3. The Hall–Kier alpha value is -5.59. The molecule has 0 fully saturated rings. The van der Waals surface area contributed by atoms with Gasteiger partial charge in [0, 0.05) is 18.8 Å². The summed E-state index contributed by atoms with van der Waals surface area (Å²) >= 11 is 0. The first kappa shape index (κ1) is 78.6. The minimum Gasteiger partial charge on any atom is -1.51 e. The minimum absolute atomic E-state index is 0. The number of carbonyl (C=O) groups is 7. The number of alkyl halides is 6. The smallest absolute Gasteiger partial charge is 1.00 e. The second-order valence-electron chi connectivity index (χ2n) is 16.9. The van der Waals surface area contributed by atoms with E-state index in [1.165, 1.54) is 29.2 Å². The Morgan fingerprint density at radius 3 is 1.16 bits per heavy atom. The molecule has 440 valence electrons. The zero-order chi connectivity index (χ0) is 57.1. The number of nitrogens with two attached hydrogens (primary N) is 1. The summed E-state index contributed by atoms with van der Waals surface area (Å²) < 4.78 is 96.9. The van der Waals surface area contributed by atoms with Gasteiger partial charge >= 0.3 is 85.2 Å². The van der Waals surface area contributed by atoms with Crippen molar-refractivity contribution >= 4 is 62.1 Å². The molecule has 2 aliphatic carbocycles. The van der Waals surface area contributed by atoms with Gasteiger partial charge in [-0.25, -0.2) is 0 Å². The van der Waals surface area contributed by atoms with E-state index in [0.717, 1.165) is 22.3 Å². The molecule has 0 aromatic heterocycles. The van der Waals surface area contributed by atoms with Gasteiger partial charge in [0.25, 0.3) is 6.47 Å². The summed E-state index contributed by atoms with van der Waals surface area (Å²) in [6, 6.07) is 30.9. The van der Waals surface area contributed by atoms with Gasteiger partial charge in [-0.2, -0.15) is 26.3 Å². The summed E-state index contributed by atoms with van der Waals surface area (Å²) in [6.45, 7) is -4.67. The van der Waals surface area contributed by atoms with Gasteiger partial charge in [-0.3, -0.25) is 33.6 Å². The van der Waals surface area contributed by atoms with Gasteiger partial charge < -0.3 is 79.4 Å². The van der Waals surface area contributed by atoms with Crippen molar-refractivity contribution in [1.29, 1.82) is 0 Å². The molecule has 2 aliphatic rings. The van der Waals surface area contributed by atoms with Crippen molar-refractivity contribution < 1.29 is 143 Å². The van der Waals surface area contributed by atoms with Crippen LogP contribution >= 0.6 is 19.8 Å². The maximum Gasteiger partial charge on any atom is 1.00 e. The number of fused-ring (bicyclic) bond motifs is 6. The van der Waals surface area contributed by atoms with Gasteiger partial charge in [0.2, 0.25) is 0 Å². The van der Waals surface area contributed by atoms with Crippen LogP contribution in [0.2, 0.25) is 0 Å². The fourth-order valence-corrected chi connectivity index (χ4v) is 7.16. The van der Waals surface area contributed by atoms with Gasteiger partial charge in [0.15, 0.2) is 0 Å². The second-order valence-corrected chi connectivity index (χ2v) is 16.9. The molecule has 0 aliphatic heterocycles. The second kappa shape index (κ2) is 40.6. The molecule has 5 N–H and O–H groups in total. The first-order valence-electron chi connectivity index (χ1n) is 22.5. The quantitative estimate of drug-likeness (QED) is 0.0120. The van der Waals surface area contributed by atoms with E-state index in [1.54, 1.807) is 20.8 Å². The number of ether oxygens (including phenoxy) is 6. The van der Waals surface area contributed by atoms with Crippen LogP contribution in [0.5, 0.6) is 0 Å². The van der Waals surface area contributed by atoms with Gasteiger partial charge in [-0.1, -0.05) is 104 Å². The molecule has 0 spiro atoms. The van der Waals surface area contributed by atoms with Crippen LogP contribution in [0.4, 0.5) is 26.3 Å². The number of hydrogen-bond acceptors (Lipinski definition) is 16. The molecule has 80 heavy (non-hydrogen) atoms. The first-order chi connectivity index (χ1) is 35.8. The third-order valence-electron chi connectivity index (χ3n) is 10.3. The summed E-state index contributed by atoms with van der Waals surface area (Å²) in [5, 5.41) is 34.2. The van der Waals surface area contributed by atoms with Gasteiger partial charge in [0.1, 0.15) is 24.9 Å². The Balaban J connectivity index is -0.000000995. The number of hydrogen-bond donors (Lipinski definition) is 4. The Labute approximate surface area is 486 Å². The summed E-state index contributed by atoms with van der Waals surface area (Å²) in [7, 11) is 0. The summed E-state index contributed by atoms with van der Waals surface area (Å²) in [6.07, 6.45) is -1.03. The van der Waals surface area contributed by atoms with Crippen LogP contribution in [0.3, 0.4) is 0 Å². The molecule has 0 saturated heterocycles. The third-order valence-corrected chi connectivity index (χ3v) is 10.3. The van der Waals surface area contributed by atoms with E-state index in [2.05, 4.69) is 43.4 Å². The predicted molar refractivity (Wildman–Crippen MR) is 276 cm³/mol. The van der Waals surface area contributed by atoms with Crippen LogP contribution in [0.15, 0.2) is 97.1 Å². The van der Waals surface area contributed by atoms with Crippen LogP contribution in [0.25, 0.3) is 22.3 Å². The van der Waals surface area contributed by atoms with E-state index in [4.69, 9.17) is 45.3 Å². The standard InChI is InChI=1S/C20H18F2O5.C16H14O2.C10H16F2O5.C4H7F2NO3.CH2O3.CH4.Na.H2P.HP/c21-20(22)27-10-12(19(24)25)9-18(23)26-11-17-15-7-3-1-5-13(15)14-6-2-4-8-16(14)17;1-11(17)18-10-16-14-8-4-2-6-12(14)13-7-3-5-9-15(13)16;1-10(2,3)17-7(13)4-6(8(14)15)5-16-9(11)12;5-4(6)10-1-2(7)3(8)9;2-1-4-3;;;;/h1-8,12,17,20H,9-11H2,(H,24,25);2-9,16H,10H2,1H3;6,9H,4-5H2,1-3H3,(H,14,15);2,4H,1,7H2,(H,8,9);1,3H;1H4;;1H2;1H/q;;;;;;+1;-1;-2/p-1/t12-;;6-;2-;;;;;/m0.00...../s1. The van der Waals surface area contributed by atoms with Crippen LogP contribution in [0.1, 0.15) is 82.1 Å². The number of aliphatic carboxylic acids is 3. The van der Waals surface area contributed by atoms with Crippen molar-refractivity contribution in [3.05, 3.63) is 119 Å². The maximum absolute atomic E-state index is 12.1. The predicted octanol–water partition coefficient (Wildman–Crippen LogP) is 5.32. The zero-order valence-corrected chi connectivity index (χ0v) is 47.4. The van der Waals surface area contributed by atoms with Crippen molar-refractivity contribution in [3.63, 3.8) is 0 Å². The normalized spacial score (nSPS) is 12.4. The topological polar surface area (TPSA) is 294 Å². The number of esters is 3. The molecule has 0 bridgehead atoms. The molecule has 19 nitrogen and oxygen atoms in total. The van der Waals surface area contributed by atoms with E-state index < -0.39 is 106 Å². The average molecular weight is 1190 g/mol. The third kappa shape index (κ3) is 28.7. The minimum atomic E-state index is -3.09. The van der Waals surface area contributed by atoms with Crippen molar-refractivity contribution in [1.82, 2.24) is 0 Å². The van der Waals surface area contributed by atoms with Crippen LogP contribution in [-0.4, -0.2) is 122 Å². The first-order valence-corrected chi connectivity index (χ1v) is 22.5. The molecule has 0 unspecified atom stereocenters. The summed E-state index contributed by atoms with van der Waals surface area (Å²) in [4.78, 5) is 77.2. The molecule has 0 heterocycles. The molecule has 0 saturated carbocycles. The van der Waals surface area contributed by atoms with Gasteiger partial charge in [-0.05, 0) is 65.3 Å². The Kier molecular flexibility index (Phi) is 39.9. The fourth-order valence-electron chi connectivity index (χ4n) is 7.16. The summed E-state index contributed by atoms with van der Waals surface area (Å²) in [5.41, 5.74) is 13.3. The molecule has 0 amide bonds. The van der Waals surface area contributed by atoms with Gasteiger partial charge in [-0.15, -0.1) is 0 Å². The molecule has 6 rings (SSSR count). The molecular weight excluding hydrogens is 1130 g/mol. The average Bonchev–Trinajstić information content (AvgIpc) is 3.86. The van der Waals surface area contributed by atoms with Crippen LogP contribution < -0.4 is 40.5 Å². The number of halogens is 6. The van der Waals surface area contributed by atoms with E-state index in [-0.39, 0.29) is 87.7 Å². The van der Waals surface area contributed by atoms with E-state index in [1.807, 2.05) is 72.8 Å². The molecule has 28 heteroatoms. The van der Waals surface area contributed by atoms with E-state index in [9.17, 15) is 55.1 Å². The largest absolute Gasteiger partial charge is 1.51 e. The molecular formula is C52H63F6NNaO18P2-3. The molecule has 4 aromatic rings. The molecule has 3 atom stereocenters. The Bertz CT molecular complexity index is 2440. The number of benzene rings is 4. The van der Waals surface area contributed by atoms with Crippen molar-refractivity contribution in [3.8, 4) is 22.3 Å². The number of carbonyl (C=O) groups excluding carboxylic acids is 4. The zero-order valence-electron chi connectivity index (χ0n) is 43.3. The fraction of sp³-hybridized carbons (Fsp3) is 0.404. The van der Waals surface area contributed by atoms with Crippen molar-refractivity contribution in [2.45, 2.75) is 91.3 Å². The number of rotatable bonds is 21. The van der Waals surface area contributed by atoms with E-state index >= 15 is 0 Å². The van der Waals surface area contributed by atoms with Crippen molar-refractivity contribution in [2.24, 2.45) is 17.6 Å². The van der Waals surface area contributed by atoms with Gasteiger partial charge in [0.05, 0.1) is 44.5 Å². The van der Waals surface area contributed by atoms with Crippen LogP contribution in [-0.2, 0) is 66.9 Å². The van der Waals surface area contributed by atoms with E-state index in [0.29, 0.717) is 6.61 Å². The maximum atomic E-state index is 12.1. The molecule has 4 aromatic carbocycles. The number of carboxylic acid groups (broad SMARTS) is 3. The SMILES string of the molecule is C.CC(=O)OCC1c2ccccc2-c2ccccc21.CC(C)(C)OC(=O)C[C@@H](COC(F)F)C(=O)O.N[C@@H](COC(F)F)C(=O)O.O=C(C[C@@H](COC(F)F)C(=O)O)OCC1c2ccccc2-c2ccccc21.O=CO[O-].[Na+].[PH-2].[PH2-]. The summed E-state index contributed by atoms with van der Waals surface area (Å²) in [5.74, 6) is -8.57. The van der Waals surface area contributed by atoms with Crippen LogP contribution in [0, 0.1) is 11.8 Å². The Morgan fingerprint density at radius 2 is 0.887 bits per heavy atom. The van der Waals surface area contributed by atoms with Crippen molar-refractivity contribution in [2.75, 3.05) is 33.0 Å². The molecule has 0 radical (unpaired) electrons.